The van der Waals surface area contributed by atoms with Gasteiger partial charge < -0.3 is 14.8 Å². The second kappa shape index (κ2) is 11.8. The monoisotopic (exact) mass is 560 g/mol. The minimum atomic E-state index is -0.701. The molecular weight excluding hydrogens is 532 g/mol. The molecule has 1 aliphatic heterocycles. The fraction of sp³-hybridized carbons (Fsp3) is 0.226. The largest absolute Gasteiger partial charge is 0.462 e. The molecular formula is C31H29ClN2O6. The minimum absolute atomic E-state index is 0.0135. The van der Waals surface area contributed by atoms with E-state index in [0.717, 1.165) is 10.5 Å². The van der Waals surface area contributed by atoms with Crippen LogP contribution in [0.2, 0.25) is 0 Å². The predicted molar refractivity (Wildman–Crippen MR) is 153 cm³/mol. The van der Waals surface area contributed by atoms with E-state index in [0.29, 0.717) is 35.6 Å². The highest BCUT2D eigenvalue weighted by molar-refractivity contribution is 6.53. The van der Waals surface area contributed by atoms with Crippen LogP contribution in [0.4, 0.5) is 11.4 Å². The number of benzene rings is 3. The number of hydrogen-bond donors (Lipinski definition) is 1. The number of hydrogen-bond acceptors (Lipinski definition) is 7. The molecule has 0 fully saturated rings. The number of esters is 2. The molecule has 206 valence electrons. The quantitative estimate of drug-likeness (QED) is 0.199. The smallest absolute Gasteiger partial charge is 0.343 e. The van der Waals surface area contributed by atoms with E-state index in [4.69, 9.17) is 21.1 Å². The number of carbonyl (C=O) groups excluding carboxylic acids is 4. The first-order chi connectivity index (χ1) is 19.0. The van der Waals surface area contributed by atoms with E-state index in [1.54, 1.807) is 24.3 Å². The zero-order valence-corrected chi connectivity index (χ0v) is 23.4. The molecule has 3 aromatic rings. The van der Waals surface area contributed by atoms with E-state index in [9.17, 15) is 19.2 Å². The van der Waals surface area contributed by atoms with Gasteiger partial charge in [-0.25, -0.2) is 14.5 Å². The lowest BCUT2D eigenvalue weighted by atomic mass is 9.87. The lowest BCUT2D eigenvalue weighted by Gasteiger charge is -2.19. The molecule has 0 atom stereocenters. The van der Waals surface area contributed by atoms with Gasteiger partial charge in [-0.2, -0.15) is 0 Å². The Labute approximate surface area is 237 Å². The van der Waals surface area contributed by atoms with Crippen molar-refractivity contribution >= 4 is 46.7 Å². The van der Waals surface area contributed by atoms with Crippen molar-refractivity contribution in [2.24, 2.45) is 0 Å². The van der Waals surface area contributed by atoms with Crippen molar-refractivity contribution in [2.45, 2.75) is 39.5 Å². The number of rotatable bonds is 8. The number of anilines is 2. The van der Waals surface area contributed by atoms with E-state index in [-0.39, 0.29) is 21.8 Å². The van der Waals surface area contributed by atoms with Crippen molar-refractivity contribution in [3.63, 3.8) is 0 Å². The standard InChI is InChI=1S/C31H29ClN2O6/c1-5-18-39-29(37)19-8-14-23(15-9-19)34-27(35)25(32)26(28(34)36)33-22-12-6-20(7-13-22)30(38)40-24-16-10-21(11-17-24)31(2,3)4/h6-17,33H,5,18H2,1-4H3. The van der Waals surface area contributed by atoms with E-state index in [1.165, 1.54) is 36.4 Å². The molecule has 9 heteroatoms. The molecule has 0 aromatic heterocycles. The van der Waals surface area contributed by atoms with Gasteiger partial charge in [-0.1, -0.05) is 51.4 Å². The van der Waals surface area contributed by atoms with Crippen LogP contribution in [-0.2, 0) is 19.7 Å². The molecule has 0 bridgehead atoms. The second-order valence-corrected chi connectivity index (χ2v) is 10.6. The number of ether oxygens (including phenoxy) is 2. The van der Waals surface area contributed by atoms with E-state index < -0.39 is 23.8 Å². The molecule has 40 heavy (non-hydrogen) atoms. The summed E-state index contributed by atoms with van der Waals surface area (Å²) in [5.74, 6) is -1.95. The van der Waals surface area contributed by atoms with Crippen molar-refractivity contribution in [3.8, 4) is 5.75 Å². The van der Waals surface area contributed by atoms with Crippen LogP contribution in [0, 0.1) is 0 Å². The van der Waals surface area contributed by atoms with Gasteiger partial charge in [0.2, 0.25) is 0 Å². The molecule has 8 nitrogen and oxygen atoms in total. The Morgan fingerprint density at radius 1 is 0.825 bits per heavy atom. The molecule has 2 amide bonds. The van der Waals surface area contributed by atoms with Gasteiger partial charge in [0, 0.05) is 5.69 Å². The van der Waals surface area contributed by atoms with Gasteiger partial charge in [-0.15, -0.1) is 0 Å². The lowest BCUT2D eigenvalue weighted by molar-refractivity contribution is -0.120. The number of imide groups is 1. The lowest BCUT2D eigenvalue weighted by Crippen LogP contribution is -2.32. The van der Waals surface area contributed by atoms with Crippen molar-refractivity contribution in [3.05, 3.63) is 100 Å². The summed E-state index contributed by atoms with van der Waals surface area (Å²) >= 11 is 6.23. The molecule has 3 aromatic carbocycles. The SMILES string of the molecule is CCCOC(=O)c1ccc(N2C(=O)C(Cl)=C(Nc3ccc(C(=O)Oc4ccc(C(C)(C)C)cc4)cc3)C2=O)cc1. The van der Waals surface area contributed by atoms with E-state index in [1.807, 2.05) is 19.1 Å². The summed E-state index contributed by atoms with van der Waals surface area (Å²) in [4.78, 5) is 51.4. The van der Waals surface area contributed by atoms with Gasteiger partial charge >= 0.3 is 11.9 Å². The fourth-order valence-electron chi connectivity index (χ4n) is 3.89. The van der Waals surface area contributed by atoms with Crippen molar-refractivity contribution in [1.82, 2.24) is 0 Å². The van der Waals surface area contributed by atoms with E-state index in [2.05, 4.69) is 26.1 Å². The van der Waals surface area contributed by atoms with E-state index >= 15 is 0 Å². The average Bonchev–Trinajstić information content (AvgIpc) is 3.14. The van der Waals surface area contributed by atoms with Gasteiger partial charge in [0.1, 0.15) is 16.5 Å². The second-order valence-electron chi connectivity index (χ2n) is 10.2. The van der Waals surface area contributed by atoms with Crippen molar-refractivity contribution in [1.29, 1.82) is 0 Å². The molecule has 0 saturated carbocycles. The average molecular weight is 561 g/mol. The maximum Gasteiger partial charge on any atom is 0.343 e. The third-order valence-electron chi connectivity index (χ3n) is 6.15. The zero-order valence-electron chi connectivity index (χ0n) is 22.6. The van der Waals surface area contributed by atoms with Crippen LogP contribution in [0.1, 0.15) is 60.4 Å². The van der Waals surface area contributed by atoms with Crippen LogP contribution in [0.5, 0.6) is 5.75 Å². The van der Waals surface area contributed by atoms with Crippen LogP contribution in [-0.4, -0.2) is 30.4 Å². The third-order valence-corrected chi connectivity index (χ3v) is 6.50. The first-order valence-electron chi connectivity index (χ1n) is 12.7. The van der Waals surface area contributed by atoms with Crippen LogP contribution in [0.25, 0.3) is 0 Å². The Hall–Kier alpha value is -4.43. The normalized spacial score (nSPS) is 13.5. The summed E-state index contributed by atoms with van der Waals surface area (Å²) in [6.45, 7) is 8.49. The fourth-order valence-corrected chi connectivity index (χ4v) is 4.11. The summed E-state index contributed by atoms with van der Waals surface area (Å²) in [5.41, 5.74) is 2.31. The van der Waals surface area contributed by atoms with Crippen molar-refractivity contribution < 1.29 is 28.7 Å². The molecule has 1 aliphatic rings. The van der Waals surface area contributed by atoms with Gasteiger partial charge in [0.25, 0.3) is 11.8 Å². The molecule has 0 unspecified atom stereocenters. The highest BCUT2D eigenvalue weighted by atomic mass is 35.5. The first kappa shape index (κ1) is 28.6. The van der Waals surface area contributed by atoms with Gasteiger partial charge in [0.05, 0.1) is 23.4 Å². The van der Waals surface area contributed by atoms with Gasteiger partial charge in [-0.05, 0) is 78.1 Å². The van der Waals surface area contributed by atoms with Crippen molar-refractivity contribution in [2.75, 3.05) is 16.8 Å². The van der Waals surface area contributed by atoms with Crippen LogP contribution >= 0.6 is 11.6 Å². The summed E-state index contributed by atoms with van der Waals surface area (Å²) in [5, 5.41) is 2.59. The molecule has 0 radical (unpaired) electrons. The van der Waals surface area contributed by atoms with Gasteiger partial charge in [-0.3, -0.25) is 9.59 Å². The summed E-state index contributed by atoms with van der Waals surface area (Å²) in [6, 6.07) is 19.5. The molecule has 0 saturated heterocycles. The molecule has 0 aliphatic carbocycles. The number of nitrogens with one attached hydrogen (secondary N) is 1. The Bertz CT molecular complexity index is 1470. The maximum absolute atomic E-state index is 13.1. The summed E-state index contributed by atoms with van der Waals surface area (Å²) in [7, 11) is 0. The minimum Gasteiger partial charge on any atom is -0.462 e. The molecule has 0 spiro atoms. The zero-order chi connectivity index (χ0) is 29.0. The Morgan fingerprint density at radius 2 is 1.40 bits per heavy atom. The summed E-state index contributed by atoms with van der Waals surface area (Å²) < 4.78 is 10.6. The van der Waals surface area contributed by atoms with Crippen LogP contribution in [0.3, 0.4) is 0 Å². The molecule has 1 heterocycles. The number of halogens is 1. The highest BCUT2D eigenvalue weighted by Gasteiger charge is 2.39. The summed E-state index contributed by atoms with van der Waals surface area (Å²) in [6.07, 6.45) is 0.694. The third kappa shape index (κ3) is 6.24. The molecule has 1 N–H and O–H groups in total. The number of nitrogens with zero attached hydrogens (tertiary/aromatic N) is 1. The number of carbonyl (C=O) groups is 4. The highest BCUT2D eigenvalue weighted by Crippen LogP contribution is 2.31. The van der Waals surface area contributed by atoms with Gasteiger partial charge in [0.15, 0.2) is 0 Å². The van der Waals surface area contributed by atoms with Crippen LogP contribution < -0.4 is 15.0 Å². The predicted octanol–water partition coefficient (Wildman–Crippen LogP) is 6.21. The Kier molecular flexibility index (Phi) is 8.40. The Morgan fingerprint density at radius 3 is 1.98 bits per heavy atom. The molecule has 4 rings (SSSR count). The Balaban J connectivity index is 1.41. The topological polar surface area (TPSA) is 102 Å². The maximum atomic E-state index is 13.1. The van der Waals surface area contributed by atoms with Crippen LogP contribution in [0.15, 0.2) is 83.5 Å². The number of amides is 2. The first-order valence-corrected chi connectivity index (χ1v) is 13.1.